The fourth-order valence-corrected chi connectivity index (χ4v) is 2.94. The van der Waals surface area contributed by atoms with E-state index in [0.717, 1.165) is 5.56 Å². The number of nitrogens with one attached hydrogen (secondary N) is 1. The van der Waals surface area contributed by atoms with Crippen LogP contribution >= 0.6 is 11.6 Å². The lowest BCUT2D eigenvalue weighted by Crippen LogP contribution is -2.24. The van der Waals surface area contributed by atoms with Crippen molar-refractivity contribution in [3.63, 3.8) is 0 Å². The molecule has 1 amide bonds. The van der Waals surface area contributed by atoms with Gasteiger partial charge in [0.25, 0.3) is 5.91 Å². The second kappa shape index (κ2) is 11.5. The molecule has 0 aliphatic heterocycles. The highest BCUT2D eigenvalue weighted by Gasteiger charge is 2.11. The number of benzene rings is 3. The predicted octanol–water partition coefficient (Wildman–Crippen LogP) is 4.15. The molecule has 2 N–H and O–H groups in total. The van der Waals surface area contributed by atoms with Gasteiger partial charge in [-0.25, -0.2) is 10.2 Å². The van der Waals surface area contributed by atoms with Gasteiger partial charge in [0.05, 0.1) is 18.9 Å². The fourth-order valence-electron chi connectivity index (χ4n) is 2.76. The number of hydrazone groups is 1. The number of carboxylic acid groups (broad SMARTS) is 1. The van der Waals surface area contributed by atoms with Gasteiger partial charge in [0.2, 0.25) is 0 Å². The van der Waals surface area contributed by atoms with Gasteiger partial charge >= 0.3 is 5.97 Å². The Hall–Kier alpha value is -4.04. The summed E-state index contributed by atoms with van der Waals surface area (Å²) >= 11 is 5.89. The van der Waals surface area contributed by atoms with Crippen molar-refractivity contribution in [3.05, 3.63) is 88.4 Å². The smallest absolute Gasteiger partial charge is 0.335 e. The van der Waals surface area contributed by atoms with Gasteiger partial charge in [0, 0.05) is 10.6 Å². The van der Waals surface area contributed by atoms with E-state index in [1.807, 2.05) is 0 Å². The Morgan fingerprint density at radius 3 is 2.52 bits per heavy atom. The van der Waals surface area contributed by atoms with Crippen molar-refractivity contribution in [2.45, 2.75) is 6.61 Å². The van der Waals surface area contributed by atoms with Crippen LogP contribution in [0, 0.1) is 0 Å². The third-order valence-electron chi connectivity index (χ3n) is 4.37. The molecule has 0 saturated heterocycles. The minimum absolute atomic E-state index is 0.181. The first kappa shape index (κ1) is 23.6. The Morgan fingerprint density at radius 1 is 1.06 bits per heavy atom. The van der Waals surface area contributed by atoms with E-state index < -0.39 is 11.9 Å². The third-order valence-corrected chi connectivity index (χ3v) is 4.61. The largest absolute Gasteiger partial charge is 0.493 e. The van der Waals surface area contributed by atoms with E-state index in [4.69, 9.17) is 30.9 Å². The van der Waals surface area contributed by atoms with E-state index in [9.17, 15) is 9.59 Å². The minimum Gasteiger partial charge on any atom is -0.493 e. The quantitative estimate of drug-likeness (QED) is 0.342. The van der Waals surface area contributed by atoms with Crippen LogP contribution in [0.2, 0.25) is 5.02 Å². The molecule has 0 fully saturated rings. The van der Waals surface area contributed by atoms with E-state index in [1.165, 1.54) is 25.5 Å². The van der Waals surface area contributed by atoms with Crippen LogP contribution in [-0.4, -0.2) is 36.9 Å². The van der Waals surface area contributed by atoms with Crippen LogP contribution in [0.25, 0.3) is 0 Å². The SMILES string of the molecule is COc1cccc(/C=N/NC(=O)COc2cccc(Cl)c2)c1OCc1ccc(C(=O)O)cc1. The van der Waals surface area contributed by atoms with Gasteiger partial charge in [-0.3, -0.25) is 4.79 Å². The molecule has 0 heterocycles. The van der Waals surface area contributed by atoms with Crippen LogP contribution in [0.1, 0.15) is 21.5 Å². The van der Waals surface area contributed by atoms with E-state index in [2.05, 4.69) is 10.5 Å². The second-order valence-corrected chi connectivity index (χ2v) is 7.15. The summed E-state index contributed by atoms with van der Waals surface area (Å²) in [5, 5.41) is 13.5. The van der Waals surface area contributed by atoms with Crippen molar-refractivity contribution in [1.29, 1.82) is 0 Å². The maximum absolute atomic E-state index is 12.0. The molecule has 0 atom stereocenters. The summed E-state index contributed by atoms with van der Waals surface area (Å²) in [4.78, 5) is 23.0. The number of hydrogen-bond donors (Lipinski definition) is 2. The number of para-hydroxylation sites is 1. The van der Waals surface area contributed by atoms with Crippen molar-refractivity contribution >= 4 is 29.7 Å². The molecule has 0 spiro atoms. The van der Waals surface area contributed by atoms with E-state index >= 15 is 0 Å². The predicted molar refractivity (Wildman–Crippen MR) is 123 cm³/mol. The number of halogens is 1. The van der Waals surface area contributed by atoms with Crippen molar-refractivity contribution in [2.75, 3.05) is 13.7 Å². The molecule has 0 aromatic heterocycles. The average molecular weight is 469 g/mol. The Kier molecular flexibility index (Phi) is 8.26. The Balaban J connectivity index is 1.62. The van der Waals surface area contributed by atoms with Crippen molar-refractivity contribution < 1.29 is 28.9 Å². The normalized spacial score (nSPS) is 10.6. The van der Waals surface area contributed by atoms with E-state index in [1.54, 1.807) is 54.6 Å². The van der Waals surface area contributed by atoms with Gasteiger partial charge in [0.1, 0.15) is 12.4 Å². The van der Waals surface area contributed by atoms with Crippen LogP contribution in [-0.2, 0) is 11.4 Å². The van der Waals surface area contributed by atoms with Gasteiger partial charge in [-0.15, -0.1) is 0 Å². The molecule has 0 radical (unpaired) electrons. The highest BCUT2D eigenvalue weighted by molar-refractivity contribution is 6.30. The number of methoxy groups -OCH3 is 1. The highest BCUT2D eigenvalue weighted by Crippen LogP contribution is 2.31. The Morgan fingerprint density at radius 2 is 1.82 bits per heavy atom. The molecule has 8 nitrogen and oxygen atoms in total. The van der Waals surface area contributed by atoms with Gasteiger partial charge in [-0.2, -0.15) is 5.10 Å². The number of nitrogens with zero attached hydrogens (tertiary/aromatic N) is 1. The molecular formula is C24H21ClN2O6. The zero-order chi connectivity index (χ0) is 23.6. The second-order valence-electron chi connectivity index (χ2n) is 6.71. The first-order chi connectivity index (χ1) is 16.0. The van der Waals surface area contributed by atoms with Gasteiger partial charge in [-0.1, -0.05) is 35.9 Å². The summed E-state index contributed by atoms with van der Waals surface area (Å²) in [5.74, 6) is -0.0606. The van der Waals surface area contributed by atoms with Crippen molar-refractivity contribution in [3.8, 4) is 17.2 Å². The van der Waals surface area contributed by atoms with Crippen LogP contribution in [0.4, 0.5) is 0 Å². The molecule has 9 heteroatoms. The van der Waals surface area contributed by atoms with E-state index in [0.29, 0.717) is 27.8 Å². The van der Waals surface area contributed by atoms with Crippen LogP contribution in [0.5, 0.6) is 17.2 Å². The van der Waals surface area contributed by atoms with Crippen LogP contribution in [0.15, 0.2) is 71.8 Å². The molecule has 0 bridgehead atoms. The molecule has 0 unspecified atom stereocenters. The first-order valence-electron chi connectivity index (χ1n) is 9.78. The standard InChI is InChI=1S/C24H21ClN2O6/c1-31-21-7-2-4-18(23(21)33-14-16-8-10-17(11-9-16)24(29)30)13-26-27-22(28)15-32-20-6-3-5-19(25)12-20/h2-13H,14-15H2,1H3,(H,27,28)(H,29,30)/b26-13+. The molecular weight excluding hydrogens is 448 g/mol. The van der Waals surface area contributed by atoms with Crippen molar-refractivity contribution in [2.24, 2.45) is 5.10 Å². The maximum atomic E-state index is 12.0. The Bertz CT molecular complexity index is 1150. The van der Waals surface area contributed by atoms with Gasteiger partial charge in [0.15, 0.2) is 18.1 Å². The summed E-state index contributed by atoms with van der Waals surface area (Å²) in [7, 11) is 1.51. The number of hydrogen-bond acceptors (Lipinski definition) is 6. The van der Waals surface area contributed by atoms with Crippen LogP contribution < -0.4 is 19.6 Å². The zero-order valence-corrected chi connectivity index (χ0v) is 18.4. The van der Waals surface area contributed by atoms with E-state index in [-0.39, 0.29) is 18.8 Å². The topological polar surface area (TPSA) is 106 Å². The molecule has 0 aliphatic carbocycles. The number of carbonyl (C=O) groups is 2. The molecule has 3 rings (SSSR count). The molecule has 33 heavy (non-hydrogen) atoms. The maximum Gasteiger partial charge on any atom is 0.335 e. The summed E-state index contributed by atoms with van der Waals surface area (Å²) in [5.41, 5.74) is 3.94. The molecule has 0 saturated carbocycles. The number of rotatable bonds is 10. The monoisotopic (exact) mass is 468 g/mol. The van der Waals surface area contributed by atoms with Crippen molar-refractivity contribution in [1.82, 2.24) is 5.43 Å². The number of carboxylic acids is 1. The number of aromatic carboxylic acids is 1. The summed E-state index contributed by atoms with van der Waals surface area (Å²) in [6.07, 6.45) is 1.43. The molecule has 0 aliphatic rings. The molecule has 170 valence electrons. The lowest BCUT2D eigenvalue weighted by Gasteiger charge is -2.13. The zero-order valence-electron chi connectivity index (χ0n) is 17.7. The lowest BCUT2D eigenvalue weighted by molar-refractivity contribution is -0.123. The summed E-state index contributed by atoms with van der Waals surface area (Å²) in [6.45, 7) is -0.0492. The third kappa shape index (κ3) is 6.98. The number of carbonyl (C=O) groups excluding carboxylic acids is 1. The summed E-state index contributed by atoms with van der Waals surface area (Å²) in [6, 6.07) is 18.3. The highest BCUT2D eigenvalue weighted by atomic mass is 35.5. The minimum atomic E-state index is -0.995. The fraction of sp³-hybridized carbons (Fsp3) is 0.125. The number of amides is 1. The van der Waals surface area contributed by atoms with Crippen LogP contribution in [0.3, 0.4) is 0 Å². The average Bonchev–Trinajstić information content (AvgIpc) is 2.82. The Labute approximate surface area is 195 Å². The van der Waals surface area contributed by atoms with Gasteiger partial charge in [-0.05, 0) is 48.0 Å². The van der Waals surface area contributed by atoms with Gasteiger partial charge < -0.3 is 19.3 Å². The first-order valence-corrected chi connectivity index (χ1v) is 10.2. The lowest BCUT2D eigenvalue weighted by atomic mass is 10.1. The molecule has 3 aromatic carbocycles. The summed E-state index contributed by atoms with van der Waals surface area (Å²) < 4.78 is 16.6. The number of ether oxygens (including phenoxy) is 3. The molecule has 3 aromatic rings.